The lowest BCUT2D eigenvalue weighted by atomic mass is 10.2. The molecule has 0 aliphatic heterocycles. The maximum atomic E-state index is 11.6. The molecule has 0 heterocycles. The Bertz CT molecular complexity index is 195. The molecule has 0 fully saturated rings. The van der Waals surface area contributed by atoms with Gasteiger partial charge in [0.1, 0.15) is 5.60 Å². The normalized spacial score (nSPS) is 11.3. The Balaban J connectivity index is 3.88. The van der Waals surface area contributed by atoms with Crippen molar-refractivity contribution in [2.75, 3.05) is 18.0 Å². The van der Waals surface area contributed by atoms with Crippen LogP contribution in [0.5, 0.6) is 0 Å². The first-order chi connectivity index (χ1) is 6.93. The maximum Gasteiger partial charge on any atom is 0.410 e. The summed E-state index contributed by atoms with van der Waals surface area (Å²) >= 11 is 2.23. The van der Waals surface area contributed by atoms with E-state index in [1.807, 2.05) is 13.8 Å². The highest BCUT2D eigenvalue weighted by molar-refractivity contribution is 14.1. The molecule has 0 aliphatic rings. The van der Waals surface area contributed by atoms with Gasteiger partial charge in [0.25, 0.3) is 0 Å². The smallest absolute Gasteiger partial charge is 0.410 e. The Morgan fingerprint density at radius 2 is 2.00 bits per heavy atom. The number of halogens is 1. The Morgan fingerprint density at radius 1 is 1.40 bits per heavy atom. The van der Waals surface area contributed by atoms with Crippen LogP contribution in [0.3, 0.4) is 0 Å². The van der Waals surface area contributed by atoms with Crippen LogP contribution in [0.4, 0.5) is 4.79 Å². The fourth-order valence-electron chi connectivity index (χ4n) is 1.03. The molecule has 0 radical (unpaired) electrons. The molecule has 0 aliphatic carbocycles. The summed E-state index contributed by atoms with van der Waals surface area (Å²) in [6.07, 6.45) is 3.16. The van der Waals surface area contributed by atoms with Crippen LogP contribution in [-0.4, -0.2) is 34.6 Å². The Kier molecular flexibility index (Phi) is 7.30. The predicted octanol–water partition coefficient (Wildman–Crippen LogP) is 3.46. The zero-order valence-corrected chi connectivity index (χ0v) is 12.3. The van der Waals surface area contributed by atoms with Crippen molar-refractivity contribution in [3.8, 4) is 0 Å². The lowest BCUT2D eigenvalue weighted by molar-refractivity contribution is 0.0342. The number of nitrogens with zero attached hydrogens (tertiary/aromatic N) is 1. The zero-order chi connectivity index (χ0) is 11.9. The summed E-state index contributed by atoms with van der Waals surface area (Å²) in [4.78, 5) is 13.3. The second kappa shape index (κ2) is 7.30. The second-order valence-electron chi connectivity index (χ2n) is 4.39. The minimum atomic E-state index is -0.364. The standard InChI is InChI=1S/C11H22INO2/c1-5-6-7-8-13(4)10(14)15-11(2,3)9-12/h5-9H2,1-4H3. The lowest BCUT2D eigenvalue weighted by Crippen LogP contribution is -2.37. The third kappa shape index (κ3) is 6.98. The summed E-state index contributed by atoms with van der Waals surface area (Å²) in [5, 5.41) is 0. The molecule has 0 saturated carbocycles. The van der Waals surface area contributed by atoms with Gasteiger partial charge in [-0.3, -0.25) is 0 Å². The average Bonchev–Trinajstić information content (AvgIpc) is 2.17. The minimum absolute atomic E-state index is 0.215. The highest BCUT2D eigenvalue weighted by Gasteiger charge is 2.23. The van der Waals surface area contributed by atoms with Crippen LogP contribution >= 0.6 is 22.6 Å². The van der Waals surface area contributed by atoms with Crippen LogP contribution in [0.1, 0.15) is 40.0 Å². The Morgan fingerprint density at radius 3 is 2.47 bits per heavy atom. The molecule has 15 heavy (non-hydrogen) atoms. The molecule has 0 unspecified atom stereocenters. The number of amides is 1. The van der Waals surface area contributed by atoms with E-state index in [2.05, 4.69) is 29.5 Å². The molecular weight excluding hydrogens is 305 g/mol. The molecule has 1 amide bonds. The van der Waals surface area contributed by atoms with Crippen molar-refractivity contribution in [2.24, 2.45) is 0 Å². The average molecular weight is 327 g/mol. The first-order valence-electron chi connectivity index (χ1n) is 5.43. The van der Waals surface area contributed by atoms with Crippen molar-refractivity contribution in [2.45, 2.75) is 45.6 Å². The molecule has 4 heteroatoms. The number of rotatable bonds is 6. The van der Waals surface area contributed by atoms with Crippen LogP contribution < -0.4 is 0 Å². The fraction of sp³-hybridized carbons (Fsp3) is 0.909. The van der Waals surface area contributed by atoms with Gasteiger partial charge in [0.15, 0.2) is 0 Å². The highest BCUT2D eigenvalue weighted by Crippen LogP contribution is 2.14. The van der Waals surface area contributed by atoms with E-state index in [-0.39, 0.29) is 11.7 Å². The molecule has 0 bridgehead atoms. The van der Waals surface area contributed by atoms with E-state index in [9.17, 15) is 4.79 Å². The molecule has 3 nitrogen and oxygen atoms in total. The van der Waals surface area contributed by atoms with Gasteiger partial charge in [-0.05, 0) is 20.3 Å². The molecule has 0 rings (SSSR count). The lowest BCUT2D eigenvalue weighted by Gasteiger charge is -2.26. The highest BCUT2D eigenvalue weighted by atomic mass is 127. The monoisotopic (exact) mass is 327 g/mol. The molecular formula is C11H22INO2. The Hall–Kier alpha value is 0. The van der Waals surface area contributed by atoms with Gasteiger partial charge in [-0.15, -0.1) is 0 Å². The summed E-state index contributed by atoms with van der Waals surface area (Å²) < 4.78 is 6.16. The van der Waals surface area contributed by atoms with Crippen molar-refractivity contribution in [1.29, 1.82) is 0 Å². The minimum Gasteiger partial charge on any atom is -0.443 e. The van der Waals surface area contributed by atoms with Gasteiger partial charge < -0.3 is 9.64 Å². The van der Waals surface area contributed by atoms with E-state index in [0.717, 1.165) is 23.8 Å². The van der Waals surface area contributed by atoms with Crippen LogP contribution in [0.2, 0.25) is 0 Å². The van der Waals surface area contributed by atoms with Crippen LogP contribution in [0, 0.1) is 0 Å². The molecule has 0 aromatic rings. The third-order valence-corrected chi connectivity index (χ3v) is 3.93. The molecule has 0 aromatic carbocycles. The van der Waals surface area contributed by atoms with Gasteiger partial charge in [-0.25, -0.2) is 4.79 Å². The number of hydrogen-bond donors (Lipinski definition) is 0. The van der Waals surface area contributed by atoms with E-state index in [4.69, 9.17) is 4.74 Å². The van der Waals surface area contributed by atoms with Crippen molar-refractivity contribution in [3.05, 3.63) is 0 Å². The van der Waals surface area contributed by atoms with Crippen molar-refractivity contribution >= 4 is 28.7 Å². The largest absolute Gasteiger partial charge is 0.443 e. The molecule has 0 N–H and O–H groups in total. The van der Waals surface area contributed by atoms with E-state index >= 15 is 0 Å². The van der Waals surface area contributed by atoms with Gasteiger partial charge in [0, 0.05) is 18.0 Å². The summed E-state index contributed by atoms with van der Waals surface area (Å²) in [7, 11) is 1.79. The first kappa shape index (κ1) is 15.0. The SMILES string of the molecule is CCCCCN(C)C(=O)OC(C)(C)CI. The first-order valence-corrected chi connectivity index (χ1v) is 6.95. The summed E-state index contributed by atoms with van der Waals surface area (Å²) in [6.45, 7) is 6.79. The zero-order valence-electron chi connectivity index (χ0n) is 10.2. The van der Waals surface area contributed by atoms with Crippen LogP contribution in [-0.2, 0) is 4.74 Å². The molecule has 0 spiro atoms. The van der Waals surface area contributed by atoms with Gasteiger partial charge in [0.05, 0.1) is 0 Å². The third-order valence-electron chi connectivity index (χ3n) is 2.09. The molecule has 0 atom stereocenters. The summed E-state index contributed by atoms with van der Waals surface area (Å²) in [6, 6.07) is 0. The van der Waals surface area contributed by atoms with Crippen molar-refractivity contribution in [3.63, 3.8) is 0 Å². The number of unbranched alkanes of at least 4 members (excludes halogenated alkanes) is 2. The number of ether oxygens (including phenoxy) is 1. The van der Waals surface area contributed by atoms with Gasteiger partial charge in [-0.2, -0.15) is 0 Å². The van der Waals surface area contributed by atoms with Gasteiger partial charge >= 0.3 is 6.09 Å². The fourth-order valence-corrected chi connectivity index (χ4v) is 1.19. The van der Waals surface area contributed by atoms with E-state index in [0.29, 0.717) is 0 Å². The number of alkyl halides is 1. The number of carbonyl (C=O) groups excluding carboxylic acids is 1. The van der Waals surface area contributed by atoms with Crippen LogP contribution in [0.25, 0.3) is 0 Å². The molecule has 90 valence electrons. The van der Waals surface area contributed by atoms with Crippen molar-refractivity contribution in [1.82, 2.24) is 4.90 Å². The predicted molar refractivity (Wildman–Crippen MR) is 71.6 cm³/mol. The van der Waals surface area contributed by atoms with Crippen molar-refractivity contribution < 1.29 is 9.53 Å². The maximum absolute atomic E-state index is 11.6. The summed E-state index contributed by atoms with van der Waals surface area (Å²) in [5.41, 5.74) is -0.364. The topological polar surface area (TPSA) is 29.5 Å². The quantitative estimate of drug-likeness (QED) is 0.425. The van der Waals surface area contributed by atoms with E-state index in [1.165, 1.54) is 6.42 Å². The van der Waals surface area contributed by atoms with Crippen LogP contribution in [0.15, 0.2) is 0 Å². The summed E-state index contributed by atoms with van der Waals surface area (Å²) in [5.74, 6) is 0. The number of hydrogen-bond acceptors (Lipinski definition) is 2. The number of carbonyl (C=O) groups is 1. The van der Waals surface area contributed by atoms with Gasteiger partial charge in [-0.1, -0.05) is 42.4 Å². The second-order valence-corrected chi connectivity index (χ2v) is 5.15. The van der Waals surface area contributed by atoms with Gasteiger partial charge in [0.2, 0.25) is 0 Å². The molecule has 0 aromatic heterocycles. The van der Waals surface area contributed by atoms with E-state index in [1.54, 1.807) is 11.9 Å². The van der Waals surface area contributed by atoms with E-state index < -0.39 is 0 Å². The Labute approximate surface area is 107 Å². The molecule has 0 saturated heterocycles.